The predicted octanol–water partition coefficient (Wildman–Crippen LogP) is 3.19. The highest BCUT2D eigenvalue weighted by Gasteiger charge is 2.19. The second kappa shape index (κ2) is 8.60. The van der Waals surface area contributed by atoms with E-state index in [1.54, 1.807) is 35.5 Å². The molecule has 5 aromatic rings. The summed E-state index contributed by atoms with van der Waals surface area (Å²) in [5, 5.41) is 21.0. The number of rotatable bonds is 6. The highest BCUT2D eigenvalue weighted by molar-refractivity contribution is 6.33. The van der Waals surface area contributed by atoms with Gasteiger partial charge in [-0.1, -0.05) is 11.6 Å². The van der Waals surface area contributed by atoms with Crippen molar-refractivity contribution in [2.24, 2.45) is 14.1 Å². The van der Waals surface area contributed by atoms with Crippen LogP contribution < -0.4 is 11.1 Å². The lowest BCUT2D eigenvalue weighted by Crippen LogP contribution is -2.06. The Morgan fingerprint density at radius 3 is 2.68 bits per heavy atom. The summed E-state index contributed by atoms with van der Waals surface area (Å²) >= 11 is 6.34. The van der Waals surface area contributed by atoms with Crippen molar-refractivity contribution in [1.29, 1.82) is 0 Å². The third kappa shape index (κ3) is 3.86. The summed E-state index contributed by atoms with van der Waals surface area (Å²) in [4.78, 5) is 9.09. The SMILES string of the molecule is CCNc1cc(-c2c(-c3nncn3C)cnn2C)cc(-n2cc(-c3nc(N)ccc3Cl)cn2)n1. The fourth-order valence-electron chi connectivity index (χ4n) is 3.74. The Labute approximate surface area is 200 Å². The van der Waals surface area contributed by atoms with Gasteiger partial charge in [0.2, 0.25) is 0 Å². The number of aromatic nitrogens is 9. The van der Waals surface area contributed by atoms with E-state index in [0.29, 0.717) is 34.7 Å². The quantitative estimate of drug-likeness (QED) is 0.383. The van der Waals surface area contributed by atoms with Crippen molar-refractivity contribution < 1.29 is 0 Å². The van der Waals surface area contributed by atoms with Gasteiger partial charge in [0.15, 0.2) is 11.6 Å². The van der Waals surface area contributed by atoms with E-state index in [1.165, 1.54) is 0 Å². The van der Waals surface area contributed by atoms with Gasteiger partial charge in [0.05, 0.1) is 34.4 Å². The van der Waals surface area contributed by atoms with Gasteiger partial charge in [0, 0.05) is 38.0 Å². The van der Waals surface area contributed by atoms with Crippen LogP contribution in [0, 0.1) is 0 Å². The van der Waals surface area contributed by atoms with Crippen LogP contribution in [0.2, 0.25) is 5.02 Å². The molecule has 0 aliphatic heterocycles. The van der Waals surface area contributed by atoms with Crippen LogP contribution in [0.15, 0.2) is 49.2 Å². The van der Waals surface area contributed by atoms with E-state index < -0.39 is 0 Å². The third-order valence-electron chi connectivity index (χ3n) is 5.29. The molecule has 5 aromatic heterocycles. The first-order valence-corrected chi connectivity index (χ1v) is 10.9. The zero-order chi connectivity index (χ0) is 23.8. The lowest BCUT2D eigenvalue weighted by atomic mass is 10.1. The van der Waals surface area contributed by atoms with Crippen LogP contribution in [0.4, 0.5) is 11.6 Å². The topological polar surface area (TPSA) is 130 Å². The predicted molar refractivity (Wildman–Crippen MR) is 130 cm³/mol. The number of hydrogen-bond donors (Lipinski definition) is 2. The van der Waals surface area contributed by atoms with Crippen molar-refractivity contribution in [1.82, 2.24) is 44.3 Å². The molecule has 0 saturated carbocycles. The van der Waals surface area contributed by atoms with E-state index in [9.17, 15) is 0 Å². The molecule has 12 heteroatoms. The number of hydrogen-bond acceptors (Lipinski definition) is 8. The van der Waals surface area contributed by atoms with Crippen LogP contribution >= 0.6 is 11.6 Å². The first kappa shape index (κ1) is 21.6. The van der Waals surface area contributed by atoms with Crippen LogP contribution in [0.1, 0.15) is 6.92 Å². The zero-order valence-corrected chi connectivity index (χ0v) is 19.6. The Hall–Kier alpha value is -4.25. The molecule has 0 unspecified atom stereocenters. The summed E-state index contributed by atoms with van der Waals surface area (Å²) in [5.74, 6) is 2.42. The molecule has 0 amide bonds. The first-order chi connectivity index (χ1) is 16.4. The number of aryl methyl sites for hydroxylation is 2. The Kier molecular flexibility index (Phi) is 5.46. The number of nitrogen functional groups attached to an aromatic ring is 1. The van der Waals surface area contributed by atoms with Crippen LogP contribution in [-0.4, -0.2) is 50.8 Å². The van der Waals surface area contributed by atoms with Crippen molar-refractivity contribution in [2.45, 2.75) is 6.92 Å². The molecule has 34 heavy (non-hydrogen) atoms. The lowest BCUT2D eigenvalue weighted by molar-refractivity contribution is 0.775. The van der Waals surface area contributed by atoms with Crippen molar-refractivity contribution in [3.8, 4) is 39.7 Å². The Bertz CT molecular complexity index is 1480. The monoisotopic (exact) mass is 475 g/mol. The largest absolute Gasteiger partial charge is 0.384 e. The second-order valence-electron chi connectivity index (χ2n) is 7.67. The van der Waals surface area contributed by atoms with E-state index in [-0.39, 0.29) is 0 Å². The molecule has 0 aromatic carbocycles. The van der Waals surface area contributed by atoms with Gasteiger partial charge in [-0.2, -0.15) is 10.2 Å². The molecule has 0 aliphatic rings. The van der Waals surface area contributed by atoms with Crippen LogP contribution in [0.3, 0.4) is 0 Å². The fraction of sp³-hybridized carbons (Fsp3) is 0.182. The minimum Gasteiger partial charge on any atom is -0.384 e. The maximum absolute atomic E-state index is 6.34. The van der Waals surface area contributed by atoms with Gasteiger partial charge >= 0.3 is 0 Å². The number of nitrogens with one attached hydrogen (secondary N) is 1. The molecule has 5 rings (SSSR count). The summed E-state index contributed by atoms with van der Waals surface area (Å²) in [5.41, 5.74) is 9.79. The second-order valence-corrected chi connectivity index (χ2v) is 8.07. The number of nitrogens with zero attached hydrogens (tertiary/aromatic N) is 9. The van der Waals surface area contributed by atoms with Gasteiger partial charge in [0.1, 0.15) is 18.0 Å². The Morgan fingerprint density at radius 2 is 1.91 bits per heavy atom. The van der Waals surface area contributed by atoms with E-state index in [1.807, 2.05) is 48.6 Å². The van der Waals surface area contributed by atoms with Crippen molar-refractivity contribution in [3.63, 3.8) is 0 Å². The Morgan fingerprint density at radius 1 is 1.06 bits per heavy atom. The van der Waals surface area contributed by atoms with Gasteiger partial charge in [0.25, 0.3) is 0 Å². The number of nitrogens with two attached hydrogens (primary N) is 1. The summed E-state index contributed by atoms with van der Waals surface area (Å²) in [6.45, 7) is 2.73. The first-order valence-electron chi connectivity index (χ1n) is 10.5. The van der Waals surface area contributed by atoms with E-state index in [2.05, 4.69) is 30.7 Å². The highest BCUT2D eigenvalue weighted by Crippen LogP contribution is 2.33. The van der Waals surface area contributed by atoms with Gasteiger partial charge in [-0.05, 0) is 31.2 Å². The molecule has 0 spiro atoms. The minimum atomic E-state index is 0.384. The molecule has 3 N–H and O–H groups in total. The van der Waals surface area contributed by atoms with Crippen molar-refractivity contribution in [3.05, 3.63) is 54.2 Å². The highest BCUT2D eigenvalue weighted by atomic mass is 35.5. The van der Waals surface area contributed by atoms with Crippen LogP contribution in [0.25, 0.3) is 39.7 Å². The minimum absolute atomic E-state index is 0.384. The molecule has 11 nitrogen and oxygen atoms in total. The maximum atomic E-state index is 6.34. The number of halogens is 1. The molecule has 0 saturated heterocycles. The summed E-state index contributed by atoms with van der Waals surface area (Å²) < 4.78 is 5.35. The van der Waals surface area contributed by atoms with E-state index in [0.717, 1.165) is 28.2 Å². The molecule has 0 bridgehead atoms. The van der Waals surface area contributed by atoms with Crippen molar-refractivity contribution >= 4 is 23.2 Å². The average molecular weight is 476 g/mol. The normalized spacial score (nSPS) is 11.2. The Balaban J connectivity index is 1.63. The zero-order valence-electron chi connectivity index (χ0n) is 18.8. The third-order valence-corrected chi connectivity index (χ3v) is 5.60. The summed E-state index contributed by atoms with van der Waals surface area (Å²) in [6, 6.07) is 7.30. The summed E-state index contributed by atoms with van der Waals surface area (Å²) in [7, 11) is 3.79. The van der Waals surface area contributed by atoms with Gasteiger partial charge in [-0.25, -0.2) is 14.6 Å². The van der Waals surface area contributed by atoms with Gasteiger partial charge in [-0.3, -0.25) is 4.68 Å². The van der Waals surface area contributed by atoms with E-state index >= 15 is 0 Å². The lowest BCUT2D eigenvalue weighted by Gasteiger charge is -2.12. The molecular weight excluding hydrogens is 454 g/mol. The average Bonchev–Trinajstić information content (AvgIpc) is 3.55. The summed E-state index contributed by atoms with van der Waals surface area (Å²) in [6.07, 6.45) is 6.95. The number of pyridine rings is 2. The maximum Gasteiger partial charge on any atom is 0.167 e. The van der Waals surface area contributed by atoms with Gasteiger partial charge in [-0.15, -0.1) is 10.2 Å². The van der Waals surface area contributed by atoms with E-state index in [4.69, 9.17) is 22.3 Å². The standard InChI is InChI=1S/C22H22ClN11/c1-4-25-18-7-13(21-15(10-27-33(21)3)22-31-26-12-32(22)2)8-19(30-18)34-11-14(9-28-34)20-16(23)5-6-17(24)29-20/h5-12H,4H2,1-3H3,(H2,24,29)(H,25,30). The fourth-order valence-corrected chi connectivity index (χ4v) is 3.96. The molecular formula is C22H22ClN11. The molecule has 5 heterocycles. The smallest absolute Gasteiger partial charge is 0.167 e. The molecule has 0 radical (unpaired) electrons. The van der Waals surface area contributed by atoms with Gasteiger partial charge < -0.3 is 15.6 Å². The number of anilines is 2. The molecule has 0 fully saturated rings. The van der Waals surface area contributed by atoms with Crippen LogP contribution in [0.5, 0.6) is 0 Å². The molecule has 172 valence electrons. The molecule has 0 atom stereocenters. The molecule has 0 aliphatic carbocycles. The van der Waals surface area contributed by atoms with Crippen LogP contribution in [-0.2, 0) is 14.1 Å². The van der Waals surface area contributed by atoms with Crippen molar-refractivity contribution in [2.75, 3.05) is 17.6 Å².